The van der Waals surface area contributed by atoms with Gasteiger partial charge in [-0.05, 0) is 24.7 Å². The van der Waals surface area contributed by atoms with Gasteiger partial charge in [-0.2, -0.15) is 0 Å². The Morgan fingerprint density at radius 2 is 1.82 bits per heavy atom. The first-order valence-corrected chi connectivity index (χ1v) is 8.30. The molecule has 0 aromatic heterocycles. The van der Waals surface area contributed by atoms with Gasteiger partial charge in [-0.3, -0.25) is 9.59 Å². The highest BCUT2D eigenvalue weighted by Crippen LogP contribution is 2.23. The summed E-state index contributed by atoms with van der Waals surface area (Å²) < 4.78 is 11.1. The van der Waals surface area contributed by atoms with Crippen molar-refractivity contribution >= 4 is 11.9 Å². The summed E-state index contributed by atoms with van der Waals surface area (Å²) in [5.41, 5.74) is 5.22. The van der Waals surface area contributed by atoms with E-state index in [9.17, 15) is 9.59 Å². The number of esters is 1. The predicted octanol–water partition coefficient (Wildman–Crippen LogP) is 3.20. The van der Waals surface area contributed by atoms with Crippen LogP contribution in [0.3, 0.4) is 0 Å². The lowest BCUT2D eigenvalue weighted by Crippen LogP contribution is -2.26. The molecule has 0 aliphatic rings. The second-order valence-corrected chi connectivity index (χ2v) is 6.96. The zero-order valence-corrected chi connectivity index (χ0v) is 14.7. The molecule has 2 N–H and O–H groups in total. The molecule has 0 aromatic rings. The Kier molecular flexibility index (Phi) is 10.9. The molecule has 0 rings (SSSR count). The Labute approximate surface area is 134 Å². The number of primary amides is 1. The van der Waals surface area contributed by atoms with E-state index in [2.05, 4.69) is 27.7 Å². The number of carbonyl (C=O) groups excluding carboxylic acids is 2. The molecule has 0 radical (unpaired) electrons. The van der Waals surface area contributed by atoms with Crippen LogP contribution < -0.4 is 5.73 Å². The number of ether oxygens (including phenoxy) is 2. The standard InChI is InChI=1S/C17H33NO4/c1-5-6-7-12-21-13-14(10-11-17(2,3)4)22-16(20)9-8-15(18)19/h14H,5-13H2,1-4H3,(H2,18,19). The van der Waals surface area contributed by atoms with E-state index in [4.69, 9.17) is 15.2 Å². The van der Waals surface area contributed by atoms with Crippen LogP contribution in [0.25, 0.3) is 0 Å². The molecule has 0 aliphatic heterocycles. The SMILES string of the molecule is CCCCCOCC(CCC(C)(C)C)OC(=O)CCC(N)=O. The van der Waals surface area contributed by atoms with Crippen LogP contribution in [0.1, 0.15) is 72.6 Å². The summed E-state index contributed by atoms with van der Waals surface area (Å²) in [6, 6.07) is 0. The normalized spacial score (nSPS) is 12.9. The molecule has 0 heterocycles. The van der Waals surface area contributed by atoms with Gasteiger partial charge in [-0.1, -0.05) is 40.5 Å². The number of nitrogens with two attached hydrogens (primary N) is 1. The summed E-state index contributed by atoms with van der Waals surface area (Å²) in [4.78, 5) is 22.4. The third-order valence-electron chi connectivity index (χ3n) is 3.29. The monoisotopic (exact) mass is 315 g/mol. The highest BCUT2D eigenvalue weighted by atomic mass is 16.6. The lowest BCUT2D eigenvalue weighted by molar-refractivity contribution is -0.153. The largest absolute Gasteiger partial charge is 0.460 e. The zero-order valence-electron chi connectivity index (χ0n) is 14.7. The lowest BCUT2D eigenvalue weighted by atomic mass is 9.89. The third kappa shape index (κ3) is 13.9. The fourth-order valence-corrected chi connectivity index (χ4v) is 1.91. The molecule has 0 spiro atoms. The van der Waals surface area contributed by atoms with Crippen LogP contribution >= 0.6 is 0 Å². The van der Waals surface area contributed by atoms with Crippen molar-refractivity contribution in [3.05, 3.63) is 0 Å². The van der Waals surface area contributed by atoms with Crippen molar-refractivity contribution in [2.75, 3.05) is 13.2 Å². The highest BCUT2D eigenvalue weighted by molar-refractivity contribution is 5.79. The molecule has 0 fully saturated rings. The topological polar surface area (TPSA) is 78.6 Å². The van der Waals surface area contributed by atoms with Gasteiger partial charge in [0.25, 0.3) is 0 Å². The fraction of sp³-hybridized carbons (Fsp3) is 0.882. The third-order valence-corrected chi connectivity index (χ3v) is 3.29. The highest BCUT2D eigenvalue weighted by Gasteiger charge is 2.19. The first-order valence-electron chi connectivity index (χ1n) is 8.30. The van der Waals surface area contributed by atoms with Gasteiger partial charge in [0.2, 0.25) is 5.91 Å². The molecule has 0 bridgehead atoms. The van der Waals surface area contributed by atoms with Crippen molar-refractivity contribution < 1.29 is 19.1 Å². The van der Waals surface area contributed by atoms with Gasteiger partial charge in [0.15, 0.2) is 0 Å². The number of carbonyl (C=O) groups is 2. The second-order valence-electron chi connectivity index (χ2n) is 6.96. The van der Waals surface area contributed by atoms with Gasteiger partial charge in [-0.15, -0.1) is 0 Å². The van der Waals surface area contributed by atoms with E-state index >= 15 is 0 Å². The maximum Gasteiger partial charge on any atom is 0.306 e. The average Bonchev–Trinajstić information content (AvgIpc) is 2.41. The molecule has 5 nitrogen and oxygen atoms in total. The van der Waals surface area contributed by atoms with Crippen LogP contribution in [0, 0.1) is 5.41 Å². The van der Waals surface area contributed by atoms with Crippen molar-refractivity contribution in [2.24, 2.45) is 11.1 Å². The van der Waals surface area contributed by atoms with Gasteiger partial charge < -0.3 is 15.2 Å². The number of rotatable bonds is 12. The molecular formula is C17H33NO4. The zero-order chi connectivity index (χ0) is 17.0. The number of hydrogen-bond acceptors (Lipinski definition) is 4. The van der Waals surface area contributed by atoms with Gasteiger partial charge in [0.1, 0.15) is 6.10 Å². The maximum absolute atomic E-state index is 11.7. The number of amides is 1. The summed E-state index contributed by atoms with van der Waals surface area (Å²) in [6.07, 6.45) is 4.85. The van der Waals surface area contributed by atoms with Gasteiger partial charge >= 0.3 is 5.97 Å². The van der Waals surface area contributed by atoms with Crippen LogP contribution in [0.2, 0.25) is 0 Å². The predicted molar refractivity (Wildman–Crippen MR) is 87.3 cm³/mol. The van der Waals surface area contributed by atoms with Crippen molar-refractivity contribution in [3.8, 4) is 0 Å². The van der Waals surface area contributed by atoms with E-state index in [0.717, 1.165) is 32.1 Å². The fourth-order valence-electron chi connectivity index (χ4n) is 1.91. The molecule has 5 heteroatoms. The first kappa shape index (κ1) is 20.9. The van der Waals surface area contributed by atoms with E-state index in [0.29, 0.717) is 13.2 Å². The Morgan fingerprint density at radius 3 is 2.36 bits per heavy atom. The van der Waals surface area contributed by atoms with Crippen LogP contribution in [-0.2, 0) is 19.1 Å². The van der Waals surface area contributed by atoms with Crippen molar-refractivity contribution in [1.82, 2.24) is 0 Å². The molecule has 22 heavy (non-hydrogen) atoms. The first-order chi connectivity index (χ1) is 10.2. The molecule has 0 aromatic carbocycles. The van der Waals surface area contributed by atoms with Crippen LogP contribution in [0.5, 0.6) is 0 Å². The molecule has 1 unspecified atom stereocenters. The van der Waals surface area contributed by atoms with Crippen LogP contribution in [0.4, 0.5) is 0 Å². The number of unbranched alkanes of at least 4 members (excludes halogenated alkanes) is 2. The summed E-state index contributed by atoms with van der Waals surface area (Å²) >= 11 is 0. The van der Waals surface area contributed by atoms with E-state index in [1.54, 1.807) is 0 Å². The quantitative estimate of drug-likeness (QED) is 0.443. The Morgan fingerprint density at radius 1 is 1.14 bits per heavy atom. The van der Waals surface area contributed by atoms with Crippen LogP contribution in [-0.4, -0.2) is 31.2 Å². The molecule has 0 aliphatic carbocycles. The summed E-state index contributed by atoms with van der Waals surface area (Å²) in [5, 5.41) is 0. The van der Waals surface area contributed by atoms with Gasteiger partial charge in [-0.25, -0.2) is 0 Å². The molecule has 130 valence electrons. The van der Waals surface area contributed by atoms with E-state index in [-0.39, 0.29) is 30.3 Å². The minimum absolute atomic E-state index is 0.0299. The average molecular weight is 315 g/mol. The minimum Gasteiger partial charge on any atom is -0.460 e. The van der Waals surface area contributed by atoms with Crippen molar-refractivity contribution in [3.63, 3.8) is 0 Å². The van der Waals surface area contributed by atoms with Crippen molar-refractivity contribution in [1.29, 1.82) is 0 Å². The summed E-state index contributed by atoms with van der Waals surface area (Å²) in [6.45, 7) is 9.72. The number of hydrogen-bond donors (Lipinski definition) is 1. The van der Waals surface area contributed by atoms with E-state index in [1.165, 1.54) is 0 Å². The molecule has 1 amide bonds. The Bertz CT molecular complexity index is 323. The Balaban J connectivity index is 4.20. The summed E-state index contributed by atoms with van der Waals surface area (Å²) in [7, 11) is 0. The van der Waals surface area contributed by atoms with E-state index < -0.39 is 5.91 Å². The van der Waals surface area contributed by atoms with Crippen LogP contribution in [0.15, 0.2) is 0 Å². The summed E-state index contributed by atoms with van der Waals surface area (Å²) in [5.74, 6) is -0.867. The minimum atomic E-state index is -0.487. The molecule has 0 saturated heterocycles. The van der Waals surface area contributed by atoms with Gasteiger partial charge in [0.05, 0.1) is 13.0 Å². The maximum atomic E-state index is 11.7. The smallest absolute Gasteiger partial charge is 0.306 e. The van der Waals surface area contributed by atoms with Crippen molar-refractivity contribution in [2.45, 2.75) is 78.7 Å². The Hall–Kier alpha value is -1.10. The lowest BCUT2D eigenvalue weighted by Gasteiger charge is -2.23. The molecule has 0 saturated carbocycles. The molecular weight excluding hydrogens is 282 g/mol. The van der Waals surface area contributed by atoms with Gasteiger partial charge in [0, 0.05) is 13.0 Å². The van der Waals surface area contributed by atoms with E-state index in [1.807, 2.05) is 0 Å². The second kappa shape index (κ2) is 11.5. The molecule has 1 atom stereocenters.